The minimum Gasteiger partial charge on any atom is -0.440 e. The third-order valence-corrected chi connectivity index (χ3v) is 13.1. The van der Waals surface area contributed by atoms with Crippen LogP contribution in [0, 0.1) is 0 Å². The maximum absolute atomic E-state index is 6.93. The summed E-state index contributed by atoms with van der Waals surface area (Å²) in [5.74, 6) is 0.721. The Morgan fingerprint density at radius 3 is 1.97 bits per heavy atom. The molecule has 3 heterocycles. The summed E-state index contributed by atoms with van der Waals surface area (Å²) in [6.45, 7) is 0. The fraction of sp³-hybridized carbons (Fsp3) is 0.0339. The van der Waals surface area contributed by atoms with Crippen molar-refractivity contribution >= 4 is 67.2 Å². The van der Waals surface area contributed by atoms with E-state index >= 15 is 0 Å². The van der Waals surface area contributed by atoms with Crippen molar-refractivity contribution in [3.63, 3.8) is 0 Å². The molecule has 13 rings (SSSR count). The molecule has 0 amide bonds. The lowest BCUT2D eigenvalue weighted by molar-refractivity contribution is 0.609. The van der Waals surface area contributed by atoms with Crippen molar-refractivity contribution in [3.8, 4) is 27.9 Å². The second-order valence-electron chi connectivity index (χ2n) is 16.6. The number of benzene rings is 9. The molecule has 0 saturated carbocycles. The van der Waals surface area contributed by atoms with E-state index in [-0.39, 0.29) is 0 Å². The number of hydrogen-bond acceptors (Lipinski definition) is 3. The lowest BCUT2D eigenvalue weighted by atomic mass is 9.91. The number of fused-ring (bicyclic) bond motifs is 10. The van der Waals surface area contributed by atoms with Crippen molar-refractivity contribution in [1.82, 2.24) is 4.57 Å². The van der Waals surface area contributed by atoms with Crippen LogP contribution in [0.3, 0.4) is 0 Å². The topological polar surface area (TPSA) is 42.5 Å². The van der Waals surface area contributed by atoms with E-state index < -0.39 is 6.17 Å². The molecule has 2 aromatic heterocycles. The highest BCUT2D eigenvalue weighted by atomic mass is 16.4. The van der Waals surface area contributed by atoms with Gasteiger partial charge >= 0.3 is 0 Å². The van der Waals surface area contributed by atoms with E-state index in [1.807, 2.05) is 0 Å². The number of aliphatic imine (C=N–C) groups is 1. The number of aromatic nitrogens is 1. The summed E-state index contributed by atoms with van der Waals surface area (Å²) >= 11 is 0. The zero-order valence-electron chi connectivity index (χ0n) is 34.3. The van der Waals surface area contributed by atoms with Gasteiger partial charge in [-0.3, -0.25) is 4.99 Å². The van der Waals surface area contributed by atoms with E-state index in [9.17, 15) is 0 Å². The predicted octanol–water partition coefficient (Wildman–Crippen LogP) is 13.1. The van der Waals surface area contributed by atoms with E-state index in [0.717, 1.165) is 84.4 Å². The Morgan fingerprint density at radius 2 is 1.19 bits per heavy atom. The van der Waals surface area contributed by atoms with Gasteiger partial charge in [0.25, 0.3) is 0 Å². The van der Waals surface area contributed by atoms with Gasteiger partial charge in [-0.05, 0) is 74.8 Å². The molecular weight excluding hydrogens is 767 g/mol. The first-order chi connectivity index (χ1) is 31.2. The molecule has 296 valence electrons. The molecular formula is C59H39N3O. The Balaban J connectivity index is 1.04. The summed E-state index contributed by atoms with van der Waals surface area (Å²) in [4.78, 5) is 5.64. The lowest BCUT2D eigenvalue weighted by Crippen LogP contribution is -2.28. The molecule has 2 aliphatic rings. The van der Waals surface area contributed by atoms with Crippen LogP contribution in [0.25, 0.3) is 83.5 Å². The molecule has 4 heteroatoms. The van der Waals surface area contributed by atoms with Crippen LogP contribution in [0.5, 0.6) is 0 Å². The van der Waals surface area contributed by atoms with E-state index in [1.54, 1.807) is 0 Å². The molecule has 0 bridgehead atoms. The highest BCUT2D eigenvalue weighted by Gasteiger charge is 2.31. The molecule has 0 fully saturated rings. The minimum atomic E-state index is -0.416. The van der Waals surface area contributed by atoms with Gasteiger partial charge in [0.15, 0.2) is 0 Å². The first kappa shape index (κ1) is 35.5. The number of nitrogens with one attached hydrogen (secondary N) is 1. The SMILES string of the molecule is C1=c2c(n(-c3ccc(C4N=C(c5ccccc5)c5c(oc6cc(-c7ccccc7)c(-c7ccccc7)cc56)N4)c4ccccc34)c3c2ccc2ccccc23)=Cc2ccccc2C1. The van der Waals surface area contributed by atoms with Crippen LogP contribution in [0.1, 0.15) is 34.0 Å². The average molecular weight is 806 g/mol. The van der Waals surface area contributed by atoms with Crippen LogP contribution in [0.4, 0.5) is 5.88 Å². The second-order valence-corrected chi connectivity index (χ2v) is 16.6. The smallest absolute Gasteiger partial charge is 0.205 e. The van der Waals surface area contributed by atoms with Gasteiger partial charge < -0.3 is 14.3 Å². The molecule has 1 unspecified atom stereocenters. The number of nitrogens with zero attached hydrogens (tertiary/aromatic N) is 2. The highest BCUT2D eigenvalue weighted by molar-refractivity contribution is 6.24. The van der Waals surface area contributed by atoms with Gasteiger partial charge in [-0.15, -0.1) is 0 Å². The summed E-state index contributed by atoms with van der Waals surface area (Å²) < 4.78 is 9.44. The van der Waals surface area contributed by atoms with E-state index in [4.69, 9.17) is 9.41 Å². The van der Waals surface area contributed by atoms with Gasteiger partial charge in [0.2, 0.25) is 5.88 Å². The summed E-state index contributed by atoms with van der Waals surface area (Å²) in [6.07, 6.45) is 5.27. The summed E-state index contributed by atoms with van der Waals surface area (Å²) in [6, 6.07) is 71.8. The van der Waals surface area contributed by atoms with Gasteiger partial charge in [-0.1, -0.05) is 188 Å². The third-order valence-electron chi connectivity index (χ3n) is 13.1. The van der Waals surface area contributed by atoms with Crippen molar-refractivity contribution in [1.29, 1.82) is 0 Å². The highest BCUT2D eigenvalue weighted by Crippen LogP contribution is 2.45. The molecule has 1 atom stereocenters. The quantitative estimate of drug-likeness (QED) is 0.188. The minimum absolute atomic E-state index is 0.416. The molecule has 0 radical (unpaired) electrons. The van der Waals surface area contributed by atoms with Crippen LogP contribution >= 0.6 is 0 Å². The Kier molecular flexibility index (Phi) is 8.00. The molecule has 1 aliphatic heterocycles. The van der Waals surface area contributed by atoms with Crippen LogP contribution in [0.15, 0.2) is 210 Å². The molecule has 0 saturated heterocycles. The van der Waals surface area contributed by atoms with Crippen molar-refractivity contribution in [2.75, 3.05) is 5.32 Å². The van der Waals surface area contributed by atoms with Crippen LogP contribution in [-0.2, 0) is 6.42 Å². The Morgan fingerprint density at radius 1 is 0.540 bits per heavy atom. The van der Waals surface area contributed by atoms with E-state index in [2.05, 4.69) is 222 Å². The Hall–Kier alpha value is -8.21. The Labute approximate surface area is 364 Å². The summed E-state index contributed by atoms with van der Waals surface area (Å²) in [5.41, 5.74) is 14.3. The first-order valence-corrected chi connectivity index (χ1v) is 21.7. The number of rotatable bonds is 5. The molecule has 63 heavy (non-hydrogen) atoms. The van der Waals surface area contributed by atoms with Gasteiger partial charge in [0.05, 0.1) is 27.8 Å². The molecule has 9 aromatic carbocycles. The van der Waals surface area contributed by atoms with E-state index in [1.165, 1.54) is 43.4 Å². The maximum atomic E-state index is 6.93. The third kappa shape index (κ3) is 5.65. The number of anilines is 1. The predicted molar refractivity (Wildman–Crippen MR) is 261 cm³/mol. The maximum Gasteiger partial charge on any atom is 0.205 e. The van der Waals surface area contributed by atoms with Gasteiger partial charge in [0.1, 0.15) is 11.7 Å². The van der Waals surface area contributed by atoms with Crippen molar-refractivity contribution in [3.05, 3.63) is 239 Å². The zero-order valence-corrected chi connectivity index (χ0v) is 34.3. The van der Waals surface area contributed by atoms with Crippen molar-refractivity contribution < 1.29 is 4.42 Å². The fourth-order valence-electron chi connectivity index (χ4n) is 10.2. The van der Waals surface area contributed by atoms with E-state index in [0.29, 0.717) is 0 Å². The average Bonchev–Trinajstić information content (AvgIpc) is 3.80. The Bertz CT molecular complexity index is 3790. The zero-order chi connectivity index (χ0) is 41.4. The van der Waals surface area contributed by atoms with Gasteiger partial charge in [-0.25, -0.2) is 0 Å². The van der Waals surface area contributed by atoms with Crippen molar-refractivity contribution in [2.45, 2.75) is 12.6 Å². The molecule has 1 aliphatic carbocycles. The molecule has 0 spiro atoms. The van der Waals surface area contributed by atoms with Crippen LogP contribution < -0.4 is 15.9 Å². The first-order valence-electron chi connectivity index (χ1n) is 21.7. The van der Waals surface area contributed by atoms with Gasteiger partial charge in [-0.2, -0.15) is 0 Å². The number of furan rings is 1. The van der Waals surface area contributed by atoms with Gasteiger partial charge in [0, 0.05) is 37.9 Å². The fourth-order valence-corrected chi connectivity index (χ4v) is 10.2. The van der Waals surface area contributed by atoms with Crippen molar-refractivity contribution in [2.24, 2.45) is 4.99 Å². The monoisotopic (exact) mass is 805 g/mol. The summed E-state index contributed by atoms with van der Waals surface area (Å²) in [7, 11) is 0. The molecule has 4 nitrogen and oxygen atoms in total. The second kappa shape index (κ2) is 14.2. The summed E-state index contributed by atoms with van der Waals surface area (Å²) in [5, 5.41) is 13.3. The normalized spacial score (nSPS) is 14.3. The standard InChI is InChI=1S/C59H39N3O/c1-4-17-38(18-5-1)49-35-51-54(36-50(49)39-19-6-2-7-20-39)63-59-55(51)56(41-22-8-3-9-23-41)60-58(61-59)48-32-33-52(45-27-15-14-26-44(45)48)62-53-34-42-24-11-10-16-37(42)28-30-46(53)47-31-29-40-21-12-13-25-43(40)57(47)62/h1-27,29-36,58,61H,28H2. The van der Waals surface area contributed by atoms with Crippen LogP contribution in [0.2, 0.25) is 0 Å². The molecule has 1 N–H and O–H groups in total. The number of hydrogen-bond donors (Lipinski definition) is 1. The largest absolute Gasteiger partial charge is 0.440 e. The molecule has 11 aromatic rings. The lowest BCUT2D eigenvalue weighted by Gasteiger charge is -2.25. The van der Waals surface area contributed by atoms with Crippen LogP contribution in [-0.4, -0.2) is 10.3 Å².